The van der Waals surface area contributed by atoms with Gasteiger partial charge < -0.3 is 16.2 Å². The highest BCUT2D eigenvalue weighted by Gasteiger charge is 1.84. The van der Waals surface area contributed by atoms with Crippen LogP contribution in [0.15, 0.2) is 12.4 Å². The van der Waals surface area contributed by atoms with Crippen LogP contribution in [0.3, 0.4) is 0 Å². The molecule has 0 unspecified atom stereocenters. The Balaban J connectivity index is 3.32. The van der Waals surface area contributed by atoms with E-state index < -0.39 is 0 Å². The van der Waals surface area contributed by atoms with Crippen molar-refractivity contribution in [1.29, 1.82) is 0 Å². The van der Waals surface area contributed by atoms with Crippen molar-refractivity contribution in [3.05, 3.63) is 17.6 Å². The maximum atomic E-state index is 10.2. The standard InChI is InChI=1S/C4H9N2O2/c1-3-8-6(7)4(2)5/h2-3,5H2,1H3/q-1. The van der Waals surface area contributed by atoms with E-state index in [1.165, 1.54) is 0 Å². The molecule has 0 atom stereocenters. The molecule has 4 nitrogen and oxygen atoms in total. The number of nitrogens with zero attached hydrogens (tertiary/aromatic N) is 1. The second-order valence-corrected chi connectivity index (χ2v) is 1.17. The Kier molecular flexibility index (Phi) is 2.98. The normalized spacial score (nSPS) is 8.75. The fraction of sp³-hybridized carbons (Fsp3) is 0.500. The van der Waals surface area contributed by atoms with Crippen molar-refractivity contribution < 1.29 is 4.84 Å². The molecule has 0 radical (unpaired) electrons. The quantitative estimate of drug-likeness (QED) is 0.535. The lowest BCUT2D eigenvalue weighted by Crippen LogP contribution is -2.20. The van der Waals surface area contributed by atoms with Gasteiger partial charge in [-0.2, -0.15) is 0 Å². The average molecular weight is 117 g/mol. The van der Waals surface area contributed by atoms with Gasteiger partial charge in [0.25, 0.3) is 0 Å². The second-order valence-electron chi connectivity index (χ2n) is 1.17. The van der Waals surface area contributed by atoms with E-state index in [4.69, 9.17) is 5.73 Å². The van der Waals surface area contributed by atoms with E-state index in [-0.39, 0.29) is 11.0 Å². The topological polar surface area (TPSA) is 61.5 Å². The highest BCUT2D eigenvalue weighted by Crippen LogP contribution is 1.90. The minimum Gasteiger partial charge on any atom is -0.732 e. The number of hydrogen-bond acceptors (Lipinski definition) is 4. The molecule has 0 aliphatic carbocycles. The summed E-state index contributed by atoms with van der Waals surface area (Å²) in [5.74, 6) is -0.133. The van der Waals surface area contributed by atoms with Crippen LogP contribution in [-0.4, -0.2) is 11.8 Å². The molecule has 0 rings (SSSR count). The SMILES string of the molecule is C=C(N)N([O-])OCC. The van der Waals surface area contributed by atoms with Gasteiger partial charge in [-0.05, 0) is 6.92 Å². The molecule has 0 aliphatic heterocycles. The fourth-order valence-electron chi connectivity index (χ4n) is 0.200. The van der Waals surface area contributed by atoms with Gasteiger partial charge in [0.1, 0.15) is 5.82 Å². The van der Waals surface area contributed by atoms with Crippen LogP contribution in [0.25, 0.3) is 0 Å². The van der Waals surface area contributed by atoms with Gasteiger partial charge >= 0.3 is 0 Å². The summed E-state index contributed by atoms with van der Waals surface area (Å²) in [6.45, 7) is 5.13. The lowest BCUT2D eigenvalue weighted by molar-refractivity contribution is -0.0865. The Labute approximate surface area is 48.1 Å². The lowest BCUT2D eigenvalue weighted by Gasteiger charge is -2.26. The molecule has 0 aromatic rings. The molecule has 0 fully saturated rings. The zero-order valence-electron chi connectivity index (χ0n) is 4.76. The van der Waals surface area contributed by atoms with Crippen molar-refractivity contribution in [3.63, 3.8) is 0 Å². The molecule has 0 bridgehead atoms. The molecule has 0 aromatic carbocycles. The molecule has 48 valence electrons. The van der Waals surface area contributed by atoms with E-state index in [2.05, 4.69) is 11.4 Å². The maximum absolute atomic E-state index is 10.2. The van der Waals surface area contributed by atoms with E-state index in [1.54, 1.807) is 6.92 Å². The third-order valence-corrected chi connectivity index (χ3v) is 0.481. The van der Waals surface area contributed by atoms with Gasteiger partial charge in [0, 0.05) is 0 Å². The summed E-state index contributed by atoms with van der Waals surface area (Å²) in [4.78, 5) is 4.36. The molecule has 0 heterocycles. The van der Waals surface area contributed by atoms with Crippen molar-refractivity contribution in [3.8, 4) is 0 Å². The third-order valence-electron chi connectivity index (χ3n) is 0.481. The first-order valence-electron chi connectivity index (χ1n) is 2.23. The predicted octanol–water partition coefficient (Wildman–Crippen LogP) is 0.168. The van der Waals surface area contributed by atoms with Gasteiger partial charge in [-0.3, -0.25) is 4.84 Å². The zero-order chi connectivity index (χ0) is 6.57. The van der Waals surface area contributed by atoms with Crippen molar-refractivity contribution in [2.75, 3.05) is 6.61 Å². The fourth-order valence-corrected chi connectivity index (χ4v) is 0.200. The number of hydroxylamine groups is 2. The van der Waals surface area contributed by atoms with E-state index >= 15 is 0 Å². The van der Waals surface area contributed by atoms with Gasteiger partial charge in [-0.25, -0.2) is 0 Å². The van der Waals surface area contributed by atoms with E-state index in [0.29, 0.717) is 6.61 Å². The Morgan fingerprint density at radius 1 is 2.00 bits per heavy atom. The molecule has 0 saturated heterocycles. The van der Waals surface area contributed by atoms with Gasteiger partial charge in [0.05, 0.1) is 6.61 Å². The van der Waals surface area contributed by atoms with Gasteiger partial charge in [0.2, 0.25) is 0 Å². The highest BCUT2D eigenvalue weighted by atomic mass is 16.9. The minimum absolute atomic E-state index is 0.133. The Hall–Kier alpha value is -0.740. The lowest BCUT2D eigenvalue weighted by atomic mass is 10.9. The molecule has 2 N–H and O–H groups in total. The summed E-state index contributed by atoms with van der Waals surface area (Å²) in [5.41, 5.74) is 4.92. The zero-order valence-corrected chi connectivity index (χ0v) is 4.76. The van der Waals surface area contributed by atoms with Crippen LogP contribution in [0.4, 0.5) is 0 Å². The van der Waals surface area contributed by atoms with Gasteiger partial charge in [-0.15, -0.1) is 0 Å². The minimum atomic E-state index is -0.133. The second kappa shape index (κ2) is 3.29. The van der Waals surface area contributed by atoms with E-state index in [9.17, 15) is 5.21 Å². The van der Waals surface area contributed by atoms with Crippen LogP contribution in [0.5, 0.6) is 0 Å². The molecular weight excluding hydrogens is 108 g/mol. The molecule has 0 aromatic heterocycles. The predicted molar refractivity (Wildman–Crippen MR) is 30.2 cm³/mol. The van der Waals surface area contributed by atoms with E-state index in [1.807, 2.05) is 0 Å². The Morgan fingerprint density at radius 3 is 2.62 bits per heavy atom. The van der Waals surface area contributed by atoms with Crippen LogP contribution in [0, 0.1) is 5.21 Å². The first-order chi connectivity index (χ1) is 3.68. The largest absolute Gasteiger partial charge is 0.732 e. The summed E-state index contributed by atoms with van der Waals surface area (Å²) in [6.07, 6.45) is 0. The summed E-state index contributed by atoms with van der Waals surface area (Å²) in [5, 5.41) is 10.4. The van der Waals surface area contributed by atoms with Crippen molar-refractivity contribution in [2.24, 2.45) is 5.73 Å². The first kappa shape index (κ1) is 7.26. The van der Waals surface area contributed by atoms with Crippen LogP contribution < -0.4 is 5.73 Å². The molecule has 0 aliphatic rings. The van der Waals surface area contributed by atoms with E-state index in [0.717, 1.165) is 0 Å². The molecule has 0 amide bonds. The average Bonchev–Trinajstić information content (AvgIpc) is 1.67. The molecule has 4 heteroatoms. The van der Waals surface area contributed by atoms with Crippen molar-refractivity contribution in [1.82, 2.24) is 5.23 Å². The monoisotopic (exact) mass is 117 g/mol. The number of rotatable bonds is 3. The maximum Gasteiger partial charge on any atom is 0.105 e. The number of hydrogen-bond donors (Lipinski definition) is 1. The molecule has 8 heavy (non-hydrogen) atoms. The Morgan fingerprint density at radius 2 is 2.50 bits per heavy atom. The summed E-state index contributed by atoms with van der Waals surface area (Å²) < 4.78 is 0. The summed E-state index contributed by atoms with van der Waals surface area (Å²) in [7, 11) is 0. The third kappa shape index (κ3) is 2.44. The van der Waals surface area contributed by atoms with Crippen LogP contribution in [-0.2, 0) is 4.84 Å². The van der Waals surface area contributed by atoms with Gasteiger partial charge in [0.15, 0.2) is 0 Å². The van der Waals surface area contributed by atoms with Crippen molar-refractivity contribution >= 4 is 0 Å². The smallest absolute Gasteiger partial charge is 0.105 e. The first-order valence-corrected chi connectivity index (χ1v) is 2.23. The van der Waals surface area contributed by atoms with Crippen LogP contribution in [0.1, 0.15) is 6.92 Å². The Bertz CT molecular complexity index is 84.1. The van der Waals surface area contributed by atoms with Gasteiger partial charge in [-0.1, -0.05) is 6.58 Å². The molecule has 0 spiro atoms. The van der Waals surface area contributed by atoms with Crippen LogP contribution >= 0.6 is 0 Å². The molecule has 0 saturated carbocycles. The number of nitrogens with two attached hydrogens (primary N) is 1. The summed E-state index contributed by atoms with van der Waals surface area (Å²) in [6, 6.07) is 0. The van der Waals surface area contributed by atoms with Crippen LogP contribution in [0.2, 0.25) is 0 Å². The van der Waals surface area contributed by atoms with Crippen molar-refractivity contribution in [2.45, 2.75) is 6.92 Å². The molecular formula is C4H9N2O2-. The highest BCUT2D eigenvalue weighted by molar-refractivity contribution is 4.81. The summed E-state index contributed by atoms with van der Waals surface area (Å²) >= 11 is 0.